The van der Waals surface area contributed by atoms with Crippen LogP contribution in [0.2, 0.25) is 0 Å². The van der Waals surface area contributed by atoms with Gasteiger partial charge in [0.05, 0.1) is 5.56 Å². The maximum absolute atomic E-state index is 12.9. The molecule has 0 amide bonds. The molecular formula is C7H6BFO4. The average Bonchev–Trinajstić information content (AvgIpc) is 2.02. The summed E-state index contributed by atoms with van der Waals surface area (Å²) in [6.45, 7) is 0. The van der Waals surface area contributed by atoms with E-state index in [0.29, 0.717) is 0 Å². The summed E-state index contributed by atoms with van der Waals surface area (Å²) >= 11 is 0. The van der Waals surface area contributed by atoms with Crippen molar-refractivity contribution in [2.24, 2.45) is 0 Å². The largest absolute Gasteiger partial charge is 0.489 e. The Morgan fingerprint density at radius 2 is 2.00 bits per heavy atom. The third-order valence-corrected chi connectivity index (χ3v) is 1.54. The standard InChI is InChI=1S/C7H6BFO4/c9-5-3-1-2-4(8(12)13)6(5)7(10)11/h1-3,12-13H,(H,10,11). The van der Waals surface area contributed by atoms with Crippen LogP contribution in [0.1, 0.15) is 10.4 Å². The Bertz CT molecular complexity index is 339. The van der Waals surface area contributed by atoms with Gasteiger partial charge in [-0.15, -0.1) is 0 Å². The summed E-state index contributed by atoms with van der Waals surface area (Å²) < 4.78 is 12.9. The fraction of sp³-hybridized carbons (Fsp3) is 0. The van der Waals surface area contributed by atoms with Gasteiger partial charge in [-0.2, -0.15) is 0 Å². The van der Waals surface area contributed by atoms with Gasteiger partial charge in [0.2, 0.25) is 0 Å². The minimum atomic E-state index is -1.98. The first-order chi connectivity index (χ1) is 6.04. The molecule has 0 saturated heterocycles. The molecule has 0 heterocycles. The summed E-state index contributed by atoms with van der Waals surface area (Å²) in [6.07, 6.45) is 0. The molecule has 0 aliphatic carbocycles. The molecule has 68 valence electrons. The second kappa shape index (κ2) is 3.55. The van der Waals surface area contributed by atoms with Crippen LogP contribution in [0.5, 0.6) is 0 Å². The van der Waals surface area contributed by atoms with Crippen LogP contribution in [0, 0.1) is 5.82 Å². The number of aromatic carboxylic acids is 1. The number of hydrogen-bond acceptors (Lipinski definition) is 3. The minimum Gasteiger partial charge on any atom is -0.478 e. The van der Waals surface area contributed by atoms with Crippen molar-refractivity contribution in [1.82, 2.24) is 0 Å². The summed E-state index contributed by atoms with van der Waals surface area (Å²) in [5.74, 6) is -2.51. The van der Waals surface area contributed by atoms with Gasteiger partial charge in [0.15, 0.2) is 0 Å². The van der Waals surface area contributed by atoms with E-state index in [2.05, 4.69) is 0 Å². The smallest absolute Gasteiger partial charge is 0.478 e. The molecule has 1 aromatic rings. The lowest BCUT2D eigenvalue weighted by molar-refractivity contribution is 0.0693. The van der Waals surface area contributed by atoms with Crippen molar-refractivity contribution in [3.63, 3.8) is 0 Å². The number of carboxylic acid groups (broad SMARTS) is 1. The molecule has 0 spiro atoms. The van der Waals surface area contributed by atoms with Crippen LogP contribution in [-0.2, 0) is 0 Å². The Labute approximate surface area is 73.4 Å². The van der Waals surface area contributed by atoms with Gasteiger partial charge >= 0.3 is 13.1 Å². The number of rotatable bonds is 2. The zero-order valence-corrected chi connectivity index (χ0v) is 6.44. The van der Waals surface area contributed by atoms with E-state index in [9.17, 15) is 9.18 Å². The molecular weight excluding hydrogens is 178 g/mol. The van der Waals surface area contributed by atoms with Gasteiger partial charge < -0.3 is 15.2 Å². The first-order valence-corrected chi connectivity index (χ1v) is 3.42. The molecule has 6 heteroatoms. The number of benzene rings is 1. The van der Waals surface area contributed by atoms with E-state index >= 15 is 0 Å². The van der Waals surface area contributed by atoms with E-state index in [0.717, 1.165) is 12.1 Å². The first kappa shape index (κ1) is 9.69. The Morgan fingerprint density at radius 1 is 1.38 bits per heavy atom. The van der Waals surface area contributed by atoms with Crippen molar-refractivity contribution < 1.29 is 24.3 Å². The molecule has 0 unspecified atom stereocenters. The van der Waals surface area contributed by atoms with Gasteiger partial charge in [-0.25, -0.2) is 9.18 Å². The third kappa shape index (κ3) is 1.85. The van der Waals surface area contributed by atoms with Crippen LogP contribution in [-0.4, -0.2) is 28.2 Å². The quantitative estimate of drug-likeness (QED) is 0.526. The zero-order valence-electron chi connectivity index (χ0n) is 6.44. The fourth-order valence-electron chi connectivity index (χ4n) is 0.982. The molecule has 0 aliphatic rings. The van der Waals surface area contributed by atoms with Crippen LogP contribution in [0.15, 0.2) is 18.2 Å². The summed E-state index contributed by atoms with van der Waals surface area (Å²) in [6, 6.07) is 3.28. The Kier molecular flexibility index (Phi) is 2.65. The molecule has 0 bridgehead atoms. The van der Waals surface area contributed by atoms with Crippen molar-refractivity contribution in [2.45, 2.75) is 0 Å². The maximum atomic E-state index is 12.9. The molecule has 0 saturated carbocycles. The van der Waals surface area contributed by atoms with E-state index < -0.39 is 24.5 Å². The van der Waals surface area contributed by atoms with Crippen molar-refractivity contribution in [3.05, 3.63) is 29.6 Å². The topological polar surface area (TPSA) is 77.8 Å². The Morgan fingerprint density at radius 3 is 2.38 bits per heavy atom. The second-order valence-corrected chi connectivity index (χ2v) is 2.38. The van der Waals surface area contributed by atoms with Crippen molar-refractivity contribution in [1.29, 1.82) is 0 Å². The third-order valence-electron chi connectivity index (χ3n) is 1.54. The number of halogens is 1. The summed E-state index contributed by atoms with van der Waals surface area (Å²) in [5, 5.41) is 25.9. The van der Waals surface area contributed by atoms with E-state index in [1.807, 2.05) is 0 Å². The summed E-state index contributed by atoms with van der Waals surface area (Å²) in [4.78, 5) is 10.5. The monoisotopic (exact) mass is 184 g/mol. The second-order valence-electron chi connectivity index (χ2n) is 2.38. The summed E-state index contributed by atoms with van der Waals surface area (Å²) in [7, 11) is -1.98. The van der Waals surface area contributed by atoms with Gasteiger partial charge in [-0.3, -0.25) is 0 Å². The highest BCUT2D eigenvalue weighted by atomic mass is 19.1. The van der Waals surface area contributed by atoms with Gasteiger partial charge in [-0.1, -0.05) is 12.1 Å². The maximum Gasteiger partial charge on any atom is 0.489 e. The molecule has 0 aromatic heterocycles. The summed E-state index contributed by atoms with van der Waals surface area (Å²) in [5.41, 5.74) is -1.06. The minimum absolute atomic E-state index is 0.354. The highest BCUT2D eigenvalue weighted by molar-refractivity contribution is 6.60. The molecule has 0 atom stereocenters. The number of hydrogen-bond donors (Lipinski definition) is 3. The zero-order chi connectivity index (χ0) is 10.0. The van der Waals surface area contributed by atoms with Crippen LogP contribution in [0.25, 0.3) is 0 Å². The van der Waals surface area contributed by atoms with E-state index in [4.69, 9.17) is 15.2 Å². The molecule has 0 fully saturated rings. The highest BCUT2D eigenvalue weighted by Gasteiger charge is 2.22. The molecule has 3 N–H and O–H groups in total. The Balaban J connectivity index is 3.34. The predicted molar refractivity (Wildman–Crippen MR) is 43.2 cm³/mol. The van der Waals surface area contributed by atoms with E-state index in [-0.39, 0.29) is 5.46 Å². The molecule has 1 rings (SSSR count). The fourth-order valence-corrected chi connectivity index (χ4v) is 0.982. The highest BCUT2D eigenvalue weighted by Crippen LogP contribution is 2.04. The van der Waals surface area contributed by atoms with Gasteiger partial charge in [0.25, 0.3) is 0 Å². The molecule has 4 nitrogen and oxygen atoms in total. The average molecular weight is 184 g/mol. The number of carbonyl (C=O) groups is 1. The molecule has 0 aliphatic heterocycles. The predicted octanol–water partition coefficient (Wildman–Crippen LogP) is -0.796. The van der Waals surface area contributed by atoms with Gasteiger partial charge in [0, 0.05) is 0 Å². The van der Waals surface area contributed by atoms with Gasteiger partial charge in [0.1, 0.15) is 5.82 Å². The van der Waals surface area contributed by atoms with Crippen molar-refractivity contribution >= 4 is 18.6 Å². The normalized spacial score (nSPS) is 9.77. The lowest BCUT2D eigenvalue weighted by Crippen LogP contribution is -2.35. The van der Waals surface area contributed by atoms with Gasteiger partial charge in [-0.05, 0) is 11.5 Å². The molecule has 0 radical (unpaired) electrons. The molecule has 13 heavy (non-hydrogen) atoms. The lowest BCUT2D eigenvalue weighted by Gasteiger charge is -2.04. The van der Waals surface area contributed by atoms with Crippen LogP contribution in [0.3, 0.4) is 0 Å². The number of carboxylic acids is 1. The first-order valence-electron chi connectivity index (χ1n) is 3.42. The van der Waals surface area contributed by atoms with E-state index in [1.54, 1.807) is 0 Å². The van der Waals surface area contributed by atoms with Crippen LogP contribution >= 0.6 is 0 Å². The van der Waals surface area contributed by atoms with Crippen molar-refractivity contribution in [2.75, 3.05) is 0 Å². The SMILES string of the molecule is O=C(O)c1c(F)cccc1B(O)O. The van der Waals surface area contributed by atoms with Crippen molar-refractivity contribution in [3.8, 4) is 0 Å². The Hall–Kier alpha value is -1.40. The van der Waals surface area contributed by atoms with Crippen LogP contribution < -0.4 is 5.46 Å². The lowest BCUT2D eigenvalue weighted by atomic mass is 9.77. The molecule has 1 aromatic carbocycles. The van der Waals surface area contributed by atoms with E-state index in [1.165, 1.54) is 6.07 Å². The van der Waals surface area contributed by atoms with Crippen LogP contribution in [0.4, 0.5) is 4.39 Å².